The summed E-state index contributed by atoms with van der Waals surface area (Å²) >= 11 is 5.70. The van der Waals surface area contributed by atoms with Crippen LogP contribution >= 0.6 is 11.6 Å². The number of hydrogen-bond donors (Lipinski definition) is 1. The van der Waals surface area contributed by atoms with Crippen LogP contribution in [0.4, 0.5) is 5.69 Å². The van der Waals surface area contributed by atoms with Crippen molar-refractivity contribution in [2.45, 2.75) is 18.9 Å². The van der Waals surface area contributed by atoms with Gasteiger partial charge in [-0.1, -0.05) is 11.6 Å². The lowest BCUT2D eigenvalue weighted by molar-refractivity contribution is -0.254. The largest absolute Gasteiger partial charge is 0.545 e. The Labute approximate surface area is 109 Å². The van der Waals surface area contributed by atoms with Crippen molar-refractivity contribution in [3.8, 4) is 0 Å². The molecule has 1 N–H and O–H groups in total. The first-order chi connectivity index (χ1) is 8.58. The molecule has 0 bridgehead atoms. The molecule has 0 aromatic heterocycles. The summed E-state index contributed by atoms with van der Waals surface area (Å²) in [5.74, 6) is -1.74. The van der Waals surface area contributed by atoms with E-state index in [-0.39, 0.29) is 22.2 Å². The van der Waals surface area contributed by atoms with Crippen LogP contribution in [-0.4, -0.2) is 24.6 Å². The summed E-state index contributed by atoms with van der Waals surface area (Å²) in [6.45, 7) is 0.548. The molecule has 1 aliphatic rings. The van der Waals surface area contributed by atoms with Crippen LogP contribution in [0.3, 0.4) is 0 Å². The van der Waals surface area contributed by atoms with Crippen LogP contribution < -0.4 is 10.4 Å². The Kier molecular flexibility index (Phi) is 3.84. The molecule has 0 radical (unpaired) electrons. The molecular weight excluding hydrogens is 258 g/mol. The third kappa shape index (κ3) is 2.80. The van der Waals surface area contributed by atoms with Crippen molar-refractivity contribution < 1.29 is 19.4 Å². The zero-order valence-electron chi connectivity index (χ0n) is 9.44. The molecule has 5 nitrogen and oxygen atoms in total. The second-order valence-electron chi connectivity index (χ2n) is 3.97. The molecule has 0 spiro atoms. The Morgan fingerprint density at radius 3 is 2.83 bits per heavy atom. The van der Waals surface area contributed by atoms with Crippen LogP contribution in [0.1, 0.15) is 23.2 Å². The fraction of sp³-hybridized carbons (Fsp3) is 0.333. The van der Waals surface area contributed by atoms with E-state index in [1.807, 2.05) is 0 Å². The van der Waals surface area contributed by atoms with Gasteiger partial charge in [0.05, 0.1) is 5.97 Å². The number of anilines is 1. The number of carboxylic acids is 1. The first-order valence-electron chi connectivity index (χ1n) is 5.51. The molecule has 1 amide bonds. The minimum absolute atomic E-state index is 0.145. The van der Waals surface area contributed by atoms with Crippen LogP contribution in [0, 0.1) is 0 Å². The molecular formula is C12H11ClNO4-. The molecule has 2 rings (SSSR count). The maximum absolute atomic E-state index is 11.8. The Bertz CT molecular complexity index is 483. The predicted molar refractivity (Wildman–Crippen MR) is 63.4 cm³/mol. The number of hydrogen-bond acceptors (Lipinski definition) is 4. The number of carbonyl (C=O) groups is 2. The lowest BCUT2D eigenvalue weighted by Gasteiger charge is -2.14. The van der Waals surface area contributed by atoms with Crippen LogP contribution in [0.25, 0.3) is 0 Å². The minimum Gasteiger partial charge on any atom is -0.545 e. The van der Waals surface area contributed by atoms with E-state index in [4.69, 9.17) is 16.3 Å². The highest BCUT2D eigenvalue weighted by molar-refractivity contribution is 6.31. The van der Waals surface area contributed by atoms with E-state index in [1.54, 1.807) is 0 Å². The number of halogens is 1. The highest BCUT2D eigenvalue weighted by atomic mass is 35.5. The van der Waals surface area contributed by atoms with Crippen LogP contribution in [0.5, 0.6) is 0 Å². The molecule has 0 aliphatic carbocycles. The molecule has 1 fully saturated rings. The van der Waals surface area contributed by atoms with Crippen LogP contribution in [0.15, 0.2) is 18.2 Å². The molecule has 18 heavy (non-hydrogen) atoms. The first-order valence-corrected chi connectivity index (χ1v) is 5.89. The summed E-state index contributed by atoms with van der Waals surface area (Å²) in [4.78, 5) is 22.7. The zero-order chi connectivity index (χ0) is 13.1. The molecule has 0 saturated carbocycles. The van der Waals surface area contributed by atoms with E-state index in [0.717, 1.165) is 6.42 Å². The standard InChI is InChI=1S/C12H12ClNO4/c13-7-3-4-9(8(6-7)12(16)17)14-11(15)10-2-1-5-18-10/h3-4,6,10H,1-2,5H2,(H,14,15)(H,16,17)/p-1/t10-/m1/s1. The van der Waals surface area contributed by atoms with Gasteiger partial charge >= 0.3 is 0 Å². The maximum Gasteiger partial charge on any atom is 0.253 e. The number of benzene rings is 1. The van der Waals surface area contributed by atoms with Crippen LogP contribution in [-0.2, 0) is 9.53 Å². The molecule has 1 heterocycles. The van der Waals surface area contributed by atoms with Gasteiger partial charge < -0.3 is 20.0 Å². The van der Waals surface area contributed by atoms with Gasteiger partial charge in [0, 0.05) is 22.9 Å². The van der Waals surface area contributed by atoms with E-state index < -0.39 is 12.1 Å². The molecule has 1 atom stereocenters. The molecule has 96 valence electrons. The number of rotatable bonds is 3. The molecule has 1 aromatic carbocycles. The van der Waals surface area contributed by atoms with Gasteiger partial charge in [0.2, 0.25) is 0 Å². The van der Waals surface area contributed by atoms with Crippen molar-refractivity contribution in [2.75, 3.05) is 11.9 Å². The topological polar surface area (TPSA) is 78.5 Å². The van der Waals surface area contributed by atoms with Crippen molar-refractivity contribution in [1.82, 2.24) is 0 Å². The van der Waals surface area contributed by atoms with Gasteiger partial charge in [-0.05, 0) is 31.0 Å². The average molecular weight is 269 g/mol. The van der Waals surface area contributed by atoms with Gasteiger partial charge in [0.1, 0.15) is 6.10 Å². The lowest BCUT2D eigenvalue weighted by atomic mass is 10.1. The van der Waals surface area contributed by atoms with E-state index in [1.165, 1.54) is 18.2 Å². The molecule has 1 aromatic rings. The third-order valence-electron chi connectivity index (χ3n) is 2.68. The summed E-state index contributed by atoms with van der Waals surface area (Å²) < 4.78 is 5.21. The number of carbonyl (C=O) groups excluding carboxylic acids is 2. The van der Waals surface area contributed by atoms with E-state index >= 15 is 0 Å². The minimum atomic E-state index is -1.39. The second-order valence-corrected chi connectivity index (χ2v) is 4.40. The smallest absolute Gasteiger partial charge is 0.253 e. The predicted octanol–water partition coefficient (Wildman–Crippen LogP) is 0.821. The summed E-state index contributed by atoms with van der Waals surface area (Å²) in [6.07, 6.45) is 0.946. The third-order valence-corrected chi connectivity index (χ3v) is 2.92. The lowest BCUT2D eigenvalue weighted by Crippen LogP contribution is -2.29. The normalized spacial score (nSPS) is 18.6. The molecule has 1 saturated heterocycles. The number of nitrogens with one attached hydrogen (secondary N) is 1. The van der Waals surface area contributed by atoms with Crippen molar-refractivity contribution in [3.05, 3.63) is 28.8 Å². The van der Waals surface area contributed by atoms with Crippen molar-refractivity contribution >= 4 is 29.2 Å². The monoisotopic (exact) mass is 268 g/mol. The van der Waals surface area contributed by atoms with E-state index in [9.17, 15) is 14.7 Å². The summed E-state index contributed by atoms with van der Waals surface area (Å²) in [5.41, 5.74) is 0.0220. The molecule has 0 unspecified atom stereocenters. The first kappa shape index (κ1) is 12.9. The molecule has 6 heteroatoms. The maximum atomic E-state index is 11.8. The summed E-state index contributed by atoms with van der Waals surface area (Å²) in [6, 6.07) is 4.17. The highest BCUT2D eigenvalue weighted by Gasteiger charge is 2.24. The Morgan fingerprint density at radius 1 is 1.44 bits per heavy atom. The Balaban J connectivity index is 2.17. The fourth-order valence-electron chi connectivity index (χ4n) is 1.79. The van der Waals surface area contributed by atoms with Crippen LogP contribution in [0.2, 0.25) is 5.02 Å². The average Bonchev–Trinajstić information content (AvgIpc) is 2.84. The van der Waals surface area contributed by atoms with Crippen molar-refractivity contribution in [2.24, 2.45) is 0 Å². The summed E-state index contributed by atoms with van der Waals surface area (Å²) in [5, 5.41) is 13.7. The SMILES string of the molecule is O=C([O-])c1cc(Cl)ccc1NC(=O)[C@H]1CCCO1. The van der Waals surface area contributed by atoms with Crippen molar-refractivity contribution in [3.63, 3.8) is 0 Å². The number of aromatic carboxylic acids is 1. The van der Waals surface area contributed by atoms with Gasteiger partial charge in [0.15, 0.2) is 0 Å². The van der Waals surface area contributed by atoms with Gasteiger partial charge in [-0.25, -0.2) is 0 Å². The van der Waals surface area contributed by atoms with Crippen molar-refractivity contribution in [1.29, 1.82) is 0 Å². The molecule has 1 aliphatic heterocycles. The van der Waals surface area contributed by atoms with E-state index in [2.05, 4.69) is 5.32 Å². The quantitative estimate of drug-likeness (QED) is 0.880. The van der Waals surface area contributed by atoms with Gasteiger partial charge in [-0.2, -0.15) is 0 Å². The Hall–Kier alpha value is -1.59. The van der Waals surface area contributed by atoms with E-state index in [0.29, 0.717) is 13.0 Å². The highest BCUT2D eigenvalue weighted by Crippen LogP contribution is 2.21. The number of amides is 1. The Morgan fingerprint density at radius 2 is 2.22 bits per heavy atom. The second kappa shape index (κ2) is 5.37. The van der Waals surface area contributed by atoms with Gasteiger partial charge in [-0.3, -0.25) is 4.79 Å². The summed E-state index contributed by atoms with van der Waals surface area (Å²) in [7, 11) is 0. The zero-order valence-corrected chi connectivity index (χ0v) is 10.2. The number of ether oxygens (including phenoxy) is 1. The fourth-order valence-corrected chi connectivity index (χ4v) is 1.96. The van der Waals surface area contributed by atoms with Gasteiger partial charge in [0.25, 0.3) is 5.91 Å². The number of carboxylic acid groups (broad SMARTS) is 1. The van der Waals surface area contributed by atoms with Gasteiger partial charge in [-0.15, -0.1) is 0 Å².